The topological polar surface area (TPSA) is 55.1 Å². The van der Waals surface area contributed by atoms with Crippen LogP contribution in [-0.4, -0.2) is 26.1 Å². The Hall–Kier alpha value is -3.21. The molecule has 2 aromatic heterocycles. The van der Waals surface area contributed by atoms with Gasteiger partial charge < -0.3 is 5.32 Å². The van der Waals surface area contributed by atoms with Gasteiger partial charge in [-0.25, -0.2) is 4.98 Å². The maximum absolute atomic E-state index is 4.74. The molecule has 0 saturated carbocycles. The average Bonchev–Trinajstić information content (AvgIpc) is 3.13. The van der Waals surface area contributed by atoms with E-state index in [-0.39, 0.29) is 0 Å². The number of hydrogen-bond donors (Lipinski definition) is 1. The minimum atomic E-state index is 0.630. The lowest BCUT2D eigenvalue weighted by atomic mass is 10.1. The quantitative estimate of drug-likeness (QED) is 0.558. The first-order chi connectivity index (χ1) is 13.3. The standard InChI is InChI=1S/C22H23N5/c1-3-19-16(2)24-22-25-20(18-12-8-5-9-13-18)26-27(22)21(19)23-15-14-17-10-6-4-7-11-17/h4-13,23H,3,14-15H2,1-2H3. The molecule has 2 aromatic carbocycles. The number of nitrogens with zero attached hydrogens (tertiary/aromatic N) is 4. The third-order valence-corrected chi connectivity index (χ3v) is 4.73. The van der Waals surface area contributed by atoms with E-state index in [1.807, 2.05) is 47.8 Å². The van der Waals surface area contributed by atoms with Gasteiger partial charge in [0.15, 0.2) is 5.82 Å². The lowest BCUT2D eigenvalue weighted by Crippen LogP contribution is -2.13. The molecule has 1 N–H and O–H groups in total. The summed E-state index contributed by atoms with van der Waals surface area (Å²) in [6.45, 7) is 5.02. The zero-order valence-corrected chi connectivity index (χ0v) is 15.7. The van der Waals surface area contributed by atoms with Crippen molar-refractivity contribution in [3.8, 4) is 11.4 Å². The van der Waals surface area contributed by atoms with Crippen molar-refractivity contribution in [2.45, 2.75) is 26.7 Å². The van der Waals surface area contributed by atoms with Gasteiger partial charge >= 0.3 is 0 Å². The summed E-state index contributed by atoms with van der Waals surface area (Å²) in [5, 5.41) is 8.32. The third kappa shape index (κ3) is 3.53. The molecule has 0 bridgehead atoms. The molecule has 0 spiro atoms. The van der Waals surface area contributed by atoms with Crippen molar-refractivity contribution in [1.82, 2.24) is 19.6 Å². The number of aromatic nitrogens is 4. The number of anilines is 1. The highest BCUT2D eigenvalue weighted by Crippen LogP contribution is 2.23. The third-order valence-electron chi connectivity index (χ3n) is 4.73. The molecule has 0 aliphatic carbocycles. The summed E-state index contributed by atoms with van der Waals surface area (Å²) >= 11 is 0. The van der Waals surface area contributed by atoms with E-state index in [4.69, 9.17) is 5.10 Å². The summed E-state index contributed by atoms with van der Waals surface area (Å²) < 4.78 is 1.85. The second-order valence-electron chi connectivity index (χ2n) is 6.55. The first-order valence-electron chi connectivity index (χ1n) is 9.35. The number of aryl methyl sites for hydroxylation is 1. The molecule has 2 heterocycles. The van der Waals surface area contributed by atoms with Crippen LogP contribution >= 0.6 is 0 Å². The highest BCUT2D eigenvalue weighted by molar-refractivity contribution is 5.60. The Bertz CT molecular complexity index is 1040. The molecule has 0 aliphatic rings. The molecule has 0 fully saturated rings. The molecule has 0 radical (unpaired) electrons. The van der Waals surface area contributed by atoms with Gasteiger partial charge in [0, 0.05) is 23.4 Å². The largest absolute Gasteiger partial charge is 0.369 e. The summed E-state index contributed by atoms with van der Waals surface area (Å²) in [7, 11) is 0. The van der Waals surface area contributed by atoms with Crippen molar-refractivity contribution in [3.05, 3.63) is 77.5 Å². The fraction of sp³-hybridized carbons (Fsp3) is 0.227. The van der Waals surface area contributed by atoms with Crippen molar-refractivity contribution in [1.29, 1.82) is 0 Å². The van der Waals surface area contributed by atoms with Gasteiger partial charge in [0.1, 0.15) is 5.82 Å². The Labute approximate surface area is 159 Å². The normalized spacial score (nSPS) is 11.0. The van der Waals surface area contributed by atoms with Crippen LogP contribution in [0.25, 0.3) is 17.2 Å². The molecule has 4 aromatic rings. The van der Waals surface area contributed by atoms with E-state index in [0.717, 1.165) is 36.5 Å². The predicted molar refractivity (Wildman–Crippen MR) is 109 cm³/mol. The van der Waals surface area contributed by atoms with Crippen molar-refractivity contribution < 1.29 is 0 Å². The monoisotopic (exact) mass is 357 g/mol. The van der Waals surface area contributed by atoms with Crippen LogP contribution in [0, 0.1) is 6.92 Å². The molecule has 4 rings (SSSR count). The fourth-order valence-electron chi connectivity index (χ4n) is 3.33. The summed E-state index contributed by atoms with van der Waals surface area (Å²) in [6, 6.07) is 20.5. The van der Waals surface area contributed by atoms with Gasteiger partial charge in [-0.1, -0.05) is 67.6 Å². The molecule has 0 atom stereocenters. The predicted octanol–water partition coefficient (Wildman–Crippen LogP) is 4.32. The van der Waals surface area contributed by atoms with Gasteiger partial charge in [-0.05, 0) is 25.3 Å². The first kappa shape index (κ1) is 17.2. The van der Waals surface area contributed by atoms with Crippen LogP contribution in [0.15, 0.2) is 60.7 Å². The lowest BCUT2D eigenvalue weighted by Gasteiger charge is -2.14. The Morgan fingerprint density at radius 2 is 1.63 bits per heavy atom. The van der Waals surface area contributed by atoms with E-state index in [9.17, 15) is 0 Å². The highest BCUT2D eigenvalue weighted by atomic mass is 15.4. The summed E-state index contributed by atoms with van der Waals surface area (Å²) in [5.74, 6) is 2.32. The molecule has 5 heteroatoms. The number of nitrogens with one attached hydrogen (secondary N) is 1. The second-order valence-corrected chi connectivity index (χ2v) is 6.55. The molecular weight excluding hydrogens is 334 g/mol. The van der Waals surface area contributed by atoms with E-state index in [1.54, 1.807) is 0 Å². The number of hydrogen-bond acceptors (Lipinski definition) is 4. The van der Waals surface area contributed by atoms with E-state index in [2.05, 4.69) is 46.5 Å². The Kier molecular flexibility index (Phi) is 4.83. The van der Waals surface area contributed by atoms with Crippen LogP contribution in [0.1, 0.15) is 23.7 Å². The second kappa shape index (κ2) is 7.58. The van der Waals surface area contributed by atoms with E-state index >= 15 is 0 Å². The van der Waals surface area contributed by atoms with E-state index < -0.39 is 0 Å². The molecule has 5 nitrogen and oxygen atoms in total. The van der Waals surface area contributed by atoms with Crippen molar-refractivity contribution in [3.63, 3.8) is 0 Å². The van der Waals surface area contributed by atoms with Crippen LogP contribution in [0.2, 0.25) is 0 Å². The maximum atomic E-state index is 4.74. The summed E-state index contributed by atoms with van der Waals surface area (Å²) in [5.41, 5.74) is 4.49. The molecule has 0 saturated heterocycles. The van der Waals surface area contributed by atoms with Gasteiger partial charge in [0.05, 0.1) is 0 Å². The van der Waals surface area contributed by atoms with Crippen LogP contribution in [0.5, 0.6) is 0 Å². The Balaban J connectivity index is 1.69. The smallest absolute Gasteiger partial charge is 0.254 e. The van der Waals surface area contributed by atoms with E-state index in [0.29, 0.717) is 11.6 Å². The SMILES string of the molecule is CCc1c(C)nc2nc(-c3ccccc3)nn2c1NCCc1ccccc1. The van der Waals surface area contributed by atoms with Crippen molar-refractivity contribution >= 4 is 11.6 Å². The van der Waals surface area contributed by atoms with Gasteiger partial charge in [0.2, 0.25) is 0 Å². The zero-order valence-electron chi connectivity index (χ0n) is 15.7. The molecule has 27 heavy (non-hydrogen) atoms. The average molecular weight is 357 g/mol. The van der Waals surface area contributed by atoms with Crippen LogP contribution in [0.4, 0.5) is 5.82 Å². The fourth-order valence-corrected chi connectivity index (χ4v) is 3.33. The van der Waals surface area contributed by atoms with Crippen molar-refractivity contribution in [2.24, 2.45) is 0 Å². The Morgan fingerprint density at radius 1 is 0.926 bits per heavy atom. The highest BCUT2D eigenvalue weighted by Gasteiger charge is 2.15. The van der Waals surface area contributed by atoms with Gasteiger partial charge in [-0.2, -0.15) is 9.50 Å². The minimum Gasteiger partial charge on any atom is -0.369 e. The summed E-state index contributed by atoms with van der Waals surface area (Å²) in [6.07, 6.45) is 1.84. The minimum absolute atomic E-state index is 0.630. The molecular formula is C22H23N5. The summed E-state index contributed by atoms with van der Waals surface area (Å²) in [4.78, 5) is 9.32. The Morgan fingerprint density at radius 3 is 2.33 bits per heavy atom. The molecule has 0 unspecified atom stereocenters. The maximum Gasteiger partial charge on any atom is 0.254 e. The zero-order chi connectivity index (χ0) is 18.6. The molecule has 0 amide bonds. The number of rotatable bonds is 6. The molecule has 136 valence electrons. The van der Waals surface area contributed by atoms with Crippen molar-refractivity contribution in [2.75, 3.05) is 11.9 Å². The van der Waals surface area contributed by atoms with Gasteiger partial charge in [-0.15, -0.1) is 5.10 Å². The van der Waals surface area contributed by atoms with Crippen LogP contribution < -0.4 is 5.32 Å². The van der Waals surface area contributed by atoms with E-state index in [1.165, 1.54) is 11.1 Å². The number of benzene rings is 2. The van der Waals surface area contributed by atoms with Crippen LogP contribution in [-0.2, 0) is 12.8 Å². The van der Waals surface area contributed by atoms with Gasteiger partial charge in [0.25, 0.3) is 5.78 Å². The number of fused-ring (bicyclic) bond motifs is 1. The molecule has 0 aliphatic heterocycles. The van der Waals surface area contributed by atoms with Gasteiger partial charge in [-0.3, -0.25) is 0 Å². The first-order valence-corrected chi connectivity index (χ1v) is 9.35. The van der Waals surface area contributed by atoms with Crippen LogP contribution in [0.3, 0.4) is 0 Å². The lowest BCUT2D eigenvalue weighted by molar-refractivity contribution is 0.879.